The number of likely N-dealkylation sites (N-methyl/N-ethyl adjacent to an activating group) is 1. The van der Waals surface area contributed by atoms with Gasteiger partial charge < -0.3 is 10.2 Å². The van der Waals surface area contributed by atoms with Gasteiger partial charge in [-0.1, -0.05) is 19.1 Å². The van der Waals surface area contributed by atoms with Crippen LogP contribution in [0.5, 0.6) is 0 Å². The Morgan fingerprint density at radius 1 is 1.10 bits per heavy atom. The summed E-state index contributed by atoms with van der Waals surface area (Å²) in [5, 5.41) is 17.1. The van der Waals surface area contributed by atoms with Gasteiger partial charge in [-0.05, 0) is 67.8 Å². The van der Waals surface area contributed by atoms with Gasteiger partial charge in [-0.15, -0.1) is 0 Å². The Balaban J connectivity index is 1.22. The highest BCUT2D eigenvalue weighted by Gasteiger charge is 2.29. The number of aromatic amines is 1. The fraction of sp³-hybridized carbons (Fsp3) is 0.300. The predicted octanol–water partition coefficient (Wildman–Crippen LogP) is 5.08. The number of rotatable bonds is 6. The minimum Gasteiger partial charge on any atom is -0.348 e. The summed E-state index contributed by atoms with van der Waals surface area (Å²) in [6, 6.07) is 15.4. The molecule has 2 N–H and O–H groups in total. The summed E-state index contributed by atoms with van der Waals surface area (Å²) in [7, 11) is 1.89. The van der Waals surface area contributed by atoms with Crippen LogP contribution in [-0.2, 0) is 13.5 Å². The van der Waals surface area contributed by atoms with Gasteiger partial charge in [-0.2, -0.15) is 10.2 Å². The number of fused-ring (bicyclic) bond motifs is 2. The monoisotopic (exact) mass is 528 g/mol. The lowest BCUT2D eigenvalue weighted by atomic mass is 9.88. The van der Waals surface area contributed by atoms with Crippen molar-refractivity contribution in [2.45, 2.75) is 25.8 Å². The molecule has 1 aliphatic rings. The van der Waals surface area contributed by atoms with Gasteiger partial charge in [-0.3, -0.25) is 14.6 Å². The van der Waals surface area contributed by atoms with Crippen LogP contribution in [0.2, 0.25) is 0 Å². The van der Waals surface area contributed by atoms with Gasteiger partial charge in [0.25, 0.3) is 5.91 Å². The van der Waals surface area contributed by atoms with Crippen LogP contribution in [-0.4, -0.2) is 56.5 Å². The highest BCUT2D eigenvalue weighted by molar-refractivity contribution is 6.02. The maximum absolute atomic E-state index is 14.3. The number of carbonyl (C=O) groups excluding carboxylic acids is 1. The van der Waals surface area contributed by atoms with Crippen molar-refractivity contribution in [3.8, 4) is 11.3 Å². The summed E-state index contributed by atoms with van der Waals surface area (Å²) in [5.41, 5.74) is 4.12. The number of hydrogen-bond donors (Lipinski definition) is 2. The van der Waals surface area contributed by atoms with Crippen molar-refractivity contribution in [1.29, 1.82) is 0 Å². The van der Waals surface area contributed by atoms with Crippen molar-refractivity contribution in [3.05, 3.63) is 83.6 Å². The van der Waals surface area contributed by atoms with E-state index in [1.54, 1.807) is 10.7 Å². The molecule has 6 rings (SSSR count). The summed E-state index contributed by atoms with van der Waals surface area (Å²) in [6.45, 7) is 4.29. The summed E-state index contributed by atoms with van der Waals surface area (Å²) in [4.78, 5) is 15.6. The van der Waals surface area contributed by atoms with Crippen LogP contribution in [0.3, 0.4) is 0 Å². The molecule has 2 unspecified atom stereocenters. The molecule has 1 amide bonds. The molecular formula is C30H30F2N6O. The van der Waals surface area contributed by atoms with Crippen LogP contribution in [0.1, 0.15) is 29.3 Å². The van der Waals surface area contributed by atoms with Crippen LogP contribution in [0, 0.1) is 17.6 Å². The molecule has 3 heterocycles. The predicted molar refractivity (Wildman–Crippen MR) is 147 cm³/mol. The quantitative estimate of drug-likeness (QED) is 0.322. The molecule has 9 heteroatoms. The van der Waals surface area contributed by atoms with Crippen molar-refractivity contribution in [1.82, 2.24) is 30.2 Å². The van der Waals surface area contributed by atoms with Crippen molar-refractivity contribution < 1.29 is 13.6 Å². The van der Waals surface area contributed by atoms with E-state index in [9.17, 15) is 13.6 Å². The summed E-state index contributed by atoms with van der Waals surface area (Å²) >= 11 is 0. The number of aryl methyl sites for hydroxylation is 1. The first-order valence-corrected chi connectivity index (χ1v) is 13.3. The van der Waals surface area contributed by atoms with Gasteiger partial charge in [0, 0.05) is 59.8 Å². The normalized spacial score (nSPS) is 18.2. The second-order valence-corrected chi connectivity index (χ2v) is 10.4. The first-order valence-electron chi connectivity index (χ1n) is 13.3. The van der Waals surface area contributed by atoms with E-state index in [1.807, 2.05) is 43.6 Å². The lowest BCUT2D eigenvalue weighted by Gasteiger charge is -2.37. The van der Waals surface area contributed by atoms with Gasteiger partial charge >= 0.3 is 0 Å². The molecule has 1 aliphatic heterocycles. The van der Waals surface area contributed by atoms with Crippen molar-refractivity contribution >= 4 is 27.7 Å². The van der Waals surface area contributed by atoms with Crippen LogP contribution >= 0.6 is 0 Å². The van der Waals surface area contributed by atoms with E-state index in [4.69, 9.17) is 0 Å². The van der Waals surface area contributed by atoms with Crippen molar-refractivity contribution in [2.75, 3.05) is 19.6 Å². The Labute approximate surface area is 224 Å². The maximum Gasteiger partial charge on any atom is 0.251 e. The minimum absolute atomic E-state index is 0.0285. The van der Waals surface area contributed by atoms with Crippen LogP contribution in [0.15, 0.2) is 60.8 Å². The number of nitrogens with zero attached hydrogens (tertiary/aromatic N) is 4. The van der Waals surface area contributed by atoms with E-state index in [-0.39, 0.29) is 23.4 Å². The number of aromatic nitrogens is 4. The highest BCUT2D eigenvalue weighted by atomic mass is 19.1. The third-order valence-electron chi connectivity index (χ3n) is 7.67. The van der Waals surface area contributed by atoms with Gasteiger partial charge in [0.2, 0.25) is 0 Å². The minimum atomic E-state index is -0.517. The molecule has 0 spiro atoms. The maximum atomic E-state index is 14.3. The second kappa shape index (κ2) is 10.2. The lowest BCUT2D eigenvalue weighted by molar-refractivity contribution is 0.0872. The SMILES string of the molecule is CCN1CC(Cc2c(F)cccc2F)CC(NC(=O)c2ccc3[nH]nc(-c4ccc5nn(C)cc5c4)c3c2)C1. The van der Waals surface area contributed by atoms with Crippen molar-refractivity contribution in [3.63, 3.8) is 0 Å². The number of hydrogen-bond acceptors (Lipinski definition) is 4. The molecule has 2 aromatic heterocycles. The van der Waals surface area contributed by atoms with Crippen LogP contribution in [0.25, 0.3) is 33.1 Å². The Hall–Kier alpha value is -4.11. The zero-order valence-corrected chi connectivity index (χ0v) is 21.9. The summed E-state index contributed by atoms with van der Waals surface area (Å²) < 4.78 is 30.4. The molecule has 0 saturated carbocycles. The molecule has 5 aromatic rings. The van der Waals surface area contributed by atoms with Gasteiger partial charge in [0.15, 0.2) is 0 Å². The van der Waals surface area contributed by atoms with E-state index in [0.29, 0.717) is 24.9 Å². The number of piperidine rings is 1. The van der Waals surface area contributed by atoms with Gasteiger partial charge in [0.1, 0.15) is 11.6 Å². The Morgan fingerprint density at radius 2 is 1.92 bits per heavy atom. The molecule has 2 atom stereocenters. The number of nitrogens with one attached hydrogen (secondary N) is 2. The average Bonchev–Trinajstić information content (AvgIpc) is 3.52. The highest BCUT2D eigenvalue weighted by Crippen LogP contribution is 2.30. The Kier molecular flexibility index (Phi) is 6.60. The van der Waals surface area contributed by atoms with Gasteiger partial charge in [-0.25, -0.2) is 8.78 Å². The Morgan fingerprint density at radius 3 is 2.72 bits per heavy atom. The summed E-state index contributed by atoms with van der Waals surface area (Å²) in [5.74, 6) is -1.18. The molecule has 39 heavy (non-hydrogen) atoms. The molecule has 200 valence electrons. The molecule has 1 fully saturated rings. The largest absolute Gasteiger partial charge is 0.348 e. The van der Waals surface area contributed by atoms with Crippen molar-refractivity contribution in [2.24, 2.45) is 13.0 Å². The fourth-order valence-corrected chi connectivity index (χ4v) is 5.77. The number of benzene rings is 3. The first-order chi connectivity index (χ1) is 18.9. The second-order valence-electron chi connectivity index (χ2n) is 10.4. The third kappa shape index (κ3) is 5.02. The average molecular weight is 529 g/mol. The lowest BCUT2D eigenvalue weighted by Crippen LogP contribution is -2.51. The fourth-order valence-electron chi connectivity index (χ4n) is 5.77. The molecule has 0 aliphatic carbocycles. The number of amides is 1. The number of likely N-dealkylation sites (tertiary alicyclic amines) is 1. The number of carbonyl (C=O) groups is 1. The smallest absolute Gasteiger partial charge is 0.251 e. The first kappa shape index (κ1) is 25.2. The molecule has 0 bridgehead atoms. The summed E-state index contributed by atoms with van der Waals surface area (Å²) in [6.07, 6.45) is 2.91. The van der Waals surface area contributed by atoms with Gasteiger partial charge in [0.05, 0.1) is 16.7 Å². The number of halogens is 2. The van der Waals surface area contributed by atoms with E-state index < -0.39 is 11.6 Å². The van der Waals surface area contributed by atoms with E-state index in [2.05, 4.69) is 32.4 Å². The topological polar surface area (TPSA) is 78.8 Å². The third-order valence-corrected chi connectivity index (χ3v) is 7.67. The number of H-pyrrole nitrogens is 1. The molecule has 0 radical (unpaired) electrons. The molecule has 1 saturated heterocycles. The molecule has 7 nitrogen and oxygen atoms in total. The van der Waals surface area contributed by atoms with Crippen LogP contribution < -0.4 is 5.32 Å². The zero-order chi connectivity index (χ0) is 27.1. The standard InChI is InChI=1S/C30H30F2N6O/c1-3-38-15-18(12-23-25(31)5-4-6-26(23)32)11-22(17-38)33-30(39)20-8-10-28-24(14-20)29(35-34-28)19-7-9-27-21(13-19)16-37(2)36-27/h4-10,13-14,16,18,22H,3,11-12,15,17H2,1-2H3,(H,33,39)(H,34,35). The Bertz CT molecular complexity index is 1650. The molecular weight excluding hydrogens is 498 g/mol. The zero-order valence-electron chi connectivity index (χ0n) is 21.9. The molecule has 3 aromatic carbocycles. The van der Waals surface area contributed by atoms with E-state index in [0.717, 1.165) is 46.2 Å². The van der Waals surface area contributed by atoms with E-state index >= 15 is 0 Å². The van der Waals surface area contributed by atoms with E-state index in [1.165, 1.54) is 18.2 Å². The van der Waals surface area contributed by atoms with Crippen LogP contribution in [0.4, 0.5) is 8.78 Å².